The minimum absolute atomic E-state index is 0.0212. The van der Waals surface area contributed by atoms with Crippen LogP contribution in [0, 0.1) is 0 Å². The van der Waals surface area contributed by atoms with E-state index in [0.29, 0.717) is 12.2 Å². The van der Waals surface area contributed by atoms with Gasteiger partial charge in [0.25, 0.3) is 12.3 Å². The van der Waals surface area contributed by atoms with E-state index in [4.69, 9.17) is 4.98 Å². The molecule has 11 nitrogen and oxygen atoms in total. The van der Waals surface area contributed by atoms with Crippen molar-refractivity contribution < 1.29 is 13.6 Å². The number of aromatic nitrogens is 9. The normalized spacial score (nSPS) is 18.1. The lowest BCUT2D eigenvalue weighted by Crippen LogP contribution is -2.39. The van der Waals surface area contributed by atoms with Crippen molar-refractivity contribution in [3.63, 3.8) is 0 Å². The number of fused-ring (bicyclic) bond motifs is 1. The third-order valence-corrected chi connectivity index (χ3v) is 7.55. The fourth-order valence-corrected chi connectivity index (χ4v) is 5.53. The summed E-state index contributed by atoms with van der Waals surface area (Å²) < 4.78 is 31.4. The SMILES string of the molecule is Cn1nccc1-c1nc2cnc(-n3ccnn3)cc2n1[C@@H]1CCC[C@H](NC(=O)c2ncc(C(F)F)s2)C1. The Morgan fingerprint density at radius 3 is 2.84 bits per heavy atom. The third kappa shape index (κ3) is 4.37. The first-order chi connectivity index (χ1) is 18.0. The van der Waals surface area contributed by atoms with Crippen molar-refractivity contribution >= 4 is 28.3 Å². The van der Waals surface area contributed by atoms with Crippen LogP contribution in [-0.4, -0.2) is 56.2 Å². The van der Waals surface area contributed by atoms with Crippen LogP contribution >= 0.6 is 11.3 Å². The standard InChI is InChI=1S/C23H22F2N10OS/c1-33-16(5-6-29-33)21-31-15-11-26-19(34-8-7-28-32-34)10-17(15)35(21)14-4-2-3-13(9-14)30-22(36)23-27-12-18(37-23)20(24)25/h5-8,10-14,20H,2-4,9H2,1H3,(H,30,36)/t13-,14+/m0/s1. The van der Waals surface area contributed by atoms with Gasteiger partial charge in [0.15, 0.2) is 16.6 Å². The van der Waals surface area contributed by atoms with Gasteiger partial charge in [0.05, 0.1) is 29.0 Å². The molecule has 5 aromatic heterocycles. The first-order valence-corrected chi connectivity index (χ1v) is 12.6. The van der Waals surface area contributed by atoms with E-state index < -0.39 is 12.3 Å². The van der Waals surface area contributed by atoms with E-state index >= 15 is 0 Å². The highest BCUT2D eigenvalue weighted by Gasteiger charge is 2.30. The maximum Gasteiger partial charge on any atom is 0.280 e. The molecule has 1 aliphatic rings. The number of hydrogen-bond donors (Lipinski definition) is 1. The van der Waals surface area contributed by atoms with Crippen LogP contribution in [0.5, 0.6) is 0 Å². The number of amides is 1. The van der Waals surface area contributed by atoms with Gasteiger partial charge in [0, 0.05) is 37.6 Å². The number of carbonyl (C=O) groups excluding carboxylic acids is 1. The van der Waals surface area contributed by atoms with Crippen molar-refractivity contribution in [2.45, 2.75) is 44.2 Å². The molecule has 14 heteroatoms. The summed E-state index contributed by atoms with van der Waals surface area (Å²) in [7, 11) is 1.86. The van der Waals surface area contributed by atoms with Gasteiger partial charge in [-0.15, -0.1) is 16.4 Å². The summed E-state index contributed by atoms with van der Waals surface area (Å²) in [5, 5.41) is 15.3. The molecule has 0 spiro atoms. The number of aryl methyl sites for hydroxylation is 1. The molecular formula is C23H22F2N10OS. The number of carbonyl (C=O) groups is 1. The first-order valence-electron chi connectivity index (χ1n) is 11.8. The largest absolute Gasteiger partial charge is 0.347 e. The average molecular weight is 525 g/mol. The van der Waals surface area contributed by atoms with Crippen molar-refractivity contribution in [2.24, 2.45) is 7.05 Å². The van der Waals surface area contributed by atoms with Gasteiger partial charge in [-0.05, 0) is 31.7 Å². The van der Waals surface area contributed by atoms with E-state index in [2.05, 4.69) is 35.3 Å². The van der Waals surface area contributed by atoms with Crippen LogP contribution < -0.4 is 5.32 Å². The molecule has 0 radical (unpaired) electrons. The molecular weight excluding hydrogens is 502 g/mol. The average Bonchev–Trinajstić information content (AvgIpc) is 3.70. The molecule has 5 aromatic rings. The molecule has 5 heterocycles. The van der Waals surface area contributed by atoms with E-state index in [9.17, 15) is 13.6 Å². The second-order valence-electron chi connectivity index (χ2n) is 8.88. The van der Waals surface area contributed by atoms with E-state index in [1.54, 1.807) is 34.2 Å². The molecule has 0 aliphatic heterocycles. The van der Waals surface area contributed by atoms with Gasteiger partial charge in [-0.1, -0.05) is 5.21 Å². The number of pyridine rings is 1. The quantitative estimate of drug-likeness (QED) is 0.359. The van der Waals surface area contributed by atoms with Crippen molar-refractivity contribution in [1.82, 2.24) is 49.6 Å². The first kappa shape index (κ1) is 23.3. The predicted octanol–water partition coefficient (Wildman–Crippen LogP) is 3.72. The summed E-state index contributed by atoms with van der Waals surface area (Å²) in [5.41, 5.74) is 2.47. The van der Waals surface area contributed by atoms with Crippen molar-refractivity contribution in [1.29, 1.82) is 0 Å². The highest BCUT2D eigenvalue weighted by atomic mass is 32.1. The van der Waals surface area contributed by atoms with Crippen LogP contribution in [-0.2, 0) is 7.05 Å². The second kappa shape index (κ2) is 9.42. The van der Waals surface area contributed by atoms with Gasteiger partial charge in [-0.3, -0.25) is 9.48 Å². The van der Waals surface area contributed by atoms with Gasteiger partial charge in [-0.25, -0.2) is 28.4 Å². The molecule has 1 N–H and O–H groups in total. The Balaban J connectivity index is 1.34. The Morgan fingerprint density at radius 1 is 1.22 bits per heavy atom. The molecule has 1 fully saturated rings. The molecule has 1 amide bonds. The lowest BCUT2D eigenvalue weighted by atomic mass is 9.90. The number of nitrogens with one attached hydrogen (secondary N) is 1. The number of halogens is 2. The number of hydrogen-bond acceptors (Lipinski definition) is 8. The minimum Gasteiger partial charge on any atom is -0.347 e. The Kier molecular flexibility index (Phi) is 5.94. The second-order valence-corrected chi connectivity index (χ2v) is 9.95. The summed E-state index contributed by atoms with van der Waals surface area (Å²) in [6.07, 6.45) is 8.37. The Hall–Kier alpha value is -4.07. The molecule has 37 heavy (non-hydrogen) atoms. The van der Waals surface area contributed by atoms with Crippen molar-refractivity contribution in [2.75, 3.05) is 0 Å². The summed E-state index contributed by atoms with van der Waals surface area (Å²) in [5.74, 6) is 0.940. The molecule has 1 saturated carbocycles. The molecule has 0 unspecified atom stereocenters. The zero-order valence-electron chi connectivity index (χ0n) is 19.7. The highest BCUT2D eigenvalue weighted by Crippen LogP contribution is 2.36. The summed E-state index contributed by atoms with van der Waals surface area (Å²) >= 11 is 0.722. The zero-order chi connectivity index (χ0) is 25.5. The summed E-state index contributed by atoms with van der Waals surface area (Å²) in [4.78, 5) is 25.8. The molecule has 0 bridgehead atoms. The van der Waals surface area contributed by atoms with Gasteiger partial charge < -0.3 is 9.88 Å². The van der Waals surface area contributed by atoms with Gasteiger partial charge >= 0.3 is 0 Å². The zero-order valence-corrected chi connectivity index (χ0v) is 20.5. The van der Waals surface area contributed by atoms with Crippen molar-refractivity contribution in [3.8, 4) is 17.3 Å². The lowest BCUT2D eigenvalue weighted by molar-refractivity contribution is 0.0920. The van der Waals surface area contributed by atoms with E-state index in [1.807, 2.05) is 19.2 Å². The lowest BCUT2D eigenvalue weighted by Gasteiger charge is -2.31. The Bertz CT molecular complexity index is 1560. The van der Waals surface area contributed by atoms with E-state index in [-0.39, 0.29) is 22.0 Å². The highest BCUT2D eigenvalue weighted by molar-refractivity contribution is 7.13. The maximum absolute atomic E-state index is 12.9. The van der Waals surface area contributed by atoms with Gasteiger partial charge in [0.2, 0.25) is 0 Å². The van der Waals surface area contributed by atoms with Crippen LogP contribution in [0.1, 0.15) is 52.8 Å². The predicted molar refractivity (Wildman–Crippen MR) is 130 cm³/mol. The molecule has 0 aromatic carbocycles. The summed E-state index contributed by atoms with van der Waals surface area (Å²) in [6, 6.07) is 3.72. The van der Waals surface area contributed by atoms with Crippen LogP contribution in [0.15, 0.2) is 43.1 Å². The fourth-order valence-electron chi connectivity index (χ4n) is 4.86. The smallest absolute Gasteiger partial charge is 0.280 e. The van der Waals surface area contributed by atoms with Crippen molar-refractivity contribution in [3.05, 3.63) is 53.0 Å². The van der Waals surface area contributed by atoms with Crippen LogP contribution in [0.25, 0.3) is 28.4 Å². The number of alkyl halides is 2. The molecule has 190 valence electrons. The Morgan fingerprint density at radius 2 is 2.11 bits per heavy atom. The maximum atomic E-state index is 12.9. The molecule has 2 atom stereocenters. The van der Waals surface area contributed by atoms with Crippen LogP contribution in [0.2, 0.25) is 0 Å². The number of thiazole rings is 1. The molecule has 6 rings (SSSR count). The van der Waals surface area contributed by atoms with Crippen LogP contribution in [0.4, 0.5) is 8.78 Å². The number of nitrogens with zero attached hydrogens (tertiary/aromatic N) is 9. The monoisotopic (exact) mass is 524 g/mol. The molecule has 0 saturated heterocycles. The minimum atomic E-state index is -2.64. The number of rotatable bonds is 6. The van der Waals surface area contributed by atoms with Gasteiger partial charge in [-0.2, -0.15) is 5.10 Å². The Labute approximate surface area is 213 Å². The van der Waals surface area contributed by atoms with E-state index in [1.165, 1.54) is 0 Å². The topological polar surface area (TPSA) is 121 Å². The van der Waals surface area contributed by atoms with Crippen LogP contribution in [0.3, 0.4) is 0 Å². The molecule has 1 aliphatic carbocycles. The number of imidazole rings is 1. The fraction of sp³-hybridized carbons (Fsp3) is 0.348. The summed E-state index contributed by atoms with van der Waals surface area (Å²) in [6.45, 7) is 0. The van der Waals surface area contributed by atoms with E-state index in [0.717, 1.165) is 59.3 Å². The van der Waals surface area contributed by atoms with Gasteiger partial charge in [0.1, 0.15) is 11.2 Å². The third-order valence-electron chi connectivity index (χ3n) is 6.55.